The summed E-state index contributed by atoms with van der Waals surface area (Å²) >= 11 is 5.71. The highest BCUT2D eigenvalue weighted by atomic mass is 35.5. The van der Waals surface area contributed by atoms with Crippen molar-refractivity contribution in [1.82, 2.24) is 4.98 Å². The third-order valence-electron chi connectivity index (χ3n) is 2.77. The summed E-state index contributed by atoms with van der Waals surface area (Å²) in [6.07, 6.45) is 2.11. The Labute approximate surface area is 111 Å². The van der Waals surface area contributed by atoms with Crippen molar-refractivity contribution in [3.63, 3.8) is 0 Å². The zero-order valence-electron chi connectivity index (χ0n) is 10.0. The molecule has 1 aromatic carbocycles. The smallest absolute Gasteiger partial charge is 0.127 e. The second kappa shape index (κ2) is 5.46. The van der Waals surface area contributed by atoms with Gasteiger partial charge in [0.2, 0.25) is 0 Å². The Morgan fingerprint density at radius 2 is 2.11 bits per heavy atom. The summed E-state index contributed by atoms with van der Waals surface area (Å²) < 4.78 is 13.6. The molecule has 2 nitrogen and oxygen atoms in total. The minimum atomic E-state index is -0.328. The van der Waals surface area contributed by atoms with E-state index in [1.165, 1.54) is 6.07 Å². The maximum atomic E-state index is 13.6. The lowest BCUT2D eigenvalue weighted by atomic mass is 10.0. The molecule has 0 aliphatic carbocycles. The van der Waals surface area contributed by atoms with Crippen molar-refractivity contribution in [2.75, 3.05) is 0 Å². The molecule has 0 aliphatic rings. The summed E-state index contributed by atoms with van der Waals surface area (Å²) in [7, 11) is 0. The molecular weight excluding hydrogens is 251 g/mol. The zero-order chi connectivity index (χ0) is 13.1. The van der Waals surface area contributed by atoms with Gasteiger partial charge in [0, 0.05) is 11.2 Å². The molecule has 1 atom stereocenters. The highest BCUT2D eigenvalue weighted by Crippen LogP contribution is 2.20. The molecule has 0 spiro atoms. The van der Waals surface area contributed by atoms with Crippen molar-refractivity contribution in [3.05, 3.63) is 64.2 Å². The second-order valence-corrected chi connectivity index (χ2v) is 4.74. The first-order valence-corrected chi connectivity index (χ1v) is 6.06. The molecule has 0 bridgehead atoms. The van der Waals surface area contributed by atoms with Gasteiger partial charge in [0.05, 0.1) is 11.7 Å². The number of aryl methyl sites for hydroxylation is 1. The molecule has 18 heavy (non-hydrogen) atoms. The fraction of sp³-hybridized carbons (Fsp3) is 0.214. The van der Waals surface area contributed by atoms with Gasteiger partial charge in [-0.2, -0.15) is 0 Å². The standard InChI is InChI=1S/C14H14ClFN2/c1-9-4-5-18-14(6-9)13(17)7-10-2-3-11(15)8-12(10)16/h2-6,8,13H,7,17H2,1H3. The van der Waals surface area contributed by atoms with Gasteiger partial charge in [0.1, 0.15) is 5.82 Å². The summed E-state index contributed by atoms with van der Waals surface area (Å²) in [6.45, 7) is 1.97. The molecule has 0 aliphatic heterocycles. The normalized spacial score (nSPS) is 12.4. The Hall–Kier alpha value is -1.45. The molecule has 94 valence electrons. The maximum absolute atomic E-state index is 13.6. The van der Waals surface area contributed by atoms with Gasteiger partial charge in [-0.3, -0.25) is 4.98 Å². The van der Waals surface area contributed by atoms with Gasteiger partial charge in [-0.25, -0.2) is 4.39 Å². The van der Waals surface area contributed by atoms with Crippen LogP contribution in [-0.2, 0) is 6.42 Å². The highest BCUT2D eigenvalue weighted by Gasteiger charge is 2.12. The molecule has 1 heterocycles. The number of halogens is 2. The van der Waals surface area contributed by atoms with Crippen LogP contribution in [0.5, 0.6) is 0 Å². The number of rotatable bonds is 3. The first kappa shape index (κ1) is 13.0. The number of hydrogen-bond acceptors (Lipinski definition) is 2. The number of aromatic nitrogens is 1. The minimum Gasteiger partial charge on any atom is -0.322 e. The first-order chi connectivity index (χ1) is 8.56. The lowest BCUT2D eigenvalue weighted by Crippen LogP contribution is -2.15. The van der Waals surface area contributed by atoms with Crippen molar-refractivity contribution >= 4 is 11.6 Å². The monoisotopic (exact) mass is 264 g/mol. The summed E-state index contributed by atoms with van der Waals surface area (Å²) in [5, 5.41) is 0.388. The maximum Gasteiger partial charge on any atom is 0.127 e. The van der Waals surface area contributed by atoms with Crippen LogP contribution in [0.15, 0.2) is 36.5 Å². The number of nitrogens with zero attached hydrogens (tertiary/aromatic N) is 1. The van der Waals surface area contributed by atoms with Crippen LogP contribution in [0.4, 0.5) is 4.39 Å². The van der Waals surface area contributed by atoms with Crippen LogP contribution in [0.2, 0.25) is 5.02 Å². The van der Waals surface area contributed by atoms with Gasteiger partial charge in [-0.1, -0.05) is 17.7 Å². The van der Waals surface area contributed by atoms with E-state index in [0.717, 1.165) is 11.3 Å². The molecule has 1 unspecified atom stereocenters. The largest absolute Gasteiger partial charge is 0.322 e. The molecule has 0 fully saturated rings. The number of pyridine rings is 1. The van der Waals surface area contributed by atoms with E-state index in [1.54, 1.807) is 18.3 Å². The van der Waals surface area contributed by atoms with Gasteiger partial charge >= 0.3 is 0 Å². The van der Waals surface area contributed by atoms with Crippen LogP contribution in [0.3, 0.4) is 0 Å². The molecule has 0 saturated carbocycles. The molecule has 2 rings (SSSR count). The SMILES string of the molecule is Cc1ccnc(C(N)Cc2ccc(Cl)cc2F)c1. The Kier molecular flexibility index (Phi) is 3.94. The van der Waals surface area contributed by atoms with Crippen molar-refractivity contribution in [1.29, 1.82) is 0 Å². The third kappa shape index (κ3) is 3.06. The molecule has 0 amide bonds. The van der Waals surface area contributed by atoms with Crippen LogP contribution in [0.1, 0.15) is 22.9 Å². The quantitative estimate of drug-likeness (QED) is 0.923. The van der Waals surface area contributed by atoms with E-state index in [1.807, 2.05) is 19.1 Å². The van der Waals surface area contributed by atoms with Crippen molar-refractivity contribution < 1.29 is 4.39 Å². The Balaban J connectivity index is 2.18. The van der Waals surface area contributed by atoms with Crippen LogP contribution in [-0.4, -0.2) is 4.98 Å². The summed E-state index contributed by atoms with van der Waals surface area (Å²) in [4.78, 5) is 4.21. The number of hydrogen-bond donors (Lipinski definition) is 1. The van der Waals surface area contributed by atoms with E-state index in [4.69, 9.17) is 17.3 Å². The summed E-state index contributed by atoms with van der Waals surface area (Å²) in [5.41, 5.74) is 8.45. The topological polar surface area (TPSA) is 38.9 Å². The Morgan fingerprint density at radius 1 is 1.33 bits per heavy atom. The first-order valence-electron chi connectivity index (χ1n) is 5.68. The fourth-order valence-corrected chi connectivity index (χ4v) is 1.95. The lowest BCUT2D eigenvalue weighted by molar-refractivity contribution is 0.590. The minimum absolute atomic E-state index is 0.319. The molecule has 4 heteroatoms. The van der Waals surface area contributed by atoms with Crippen molar-refractivity contribution in [2.45, 2.75) is 19.4 Å². The number of benzene rings is 1. The van der Waals surface area contributed by atoms with Crippen LogP contribution < -0.4 is 5.73 Å². The molecule has 2 aromatic rings. The average molecular weight is 265 g/mol. The van der Waals surface area contributed by atoms with E-state index in [2.05, 4.69) is 4.98 Å². The van der Waals surface area contributed by atoms with Crippen LogP contribution in [0.25, 0.3) is 0 Å². The van der Waals surface area contributed by atoms with Crippen LogP contribution in [0, 0.1) is 12.7 Å². The predicted molar refractivity (Wildman–Crippen MR) is 71.0 cm³/mol. The highest BCUT2D eigenvalue weighted by molar-refractivity contribution is 6.30. The van der Waals surface area contributed by atoms with Gasteiger partial charge < -0.3 is 5.73 Å². The Bertz CT molecular complexity index is 557. The fourth-order valence-electron chi connectivity index (χ4n) is 1.79. The van der Waals surface area contributed by atoms with E-state index >= 15 is 0 Å². The number of nitrogens with two attached hydrogens (primary N) is 1. The zero-order valence-corrected chi connectivity index (χ0v) is 10.8. The van der Waals surface area contributed by atoms with Crippen LogP contribution >= 0.6 is 11.6 Å². The summed E-state index contributed by atoms with van der Waals surface area (Å²) in [5.74, 6) is -0.328. The van der Waals surface area contributed by atoms with Crippen molar-refractivity contribution in [3.8, 4) is 0 Å². The van der Waals surface area contributed by atoms with Gasteiger partial charge in [-0.15, -0.1) is 0 Å². The molecule has 2 N–H and O–H groups in total. The van der Waals surface area contributed by atoms with Crippen molar-refractivity contribution in [2.24, 2.45) is 5.73 Å². The van der Waals surface area contributed by atoms with E-state index in [9.17, 15) is 4.39 Å². The summed E-state index contributed by atoms with van der Waals surface area (Å²) in [6, 6.07) is 8.12. The van der Waals surface area contributed by atoms with Gasteiger partial charge in [0.25, 0.3) is 0 Å². The van der Waals surface area contributed by atoms with E-state index in [-0.39, 0.29) is 11.9 Å². The van der Waals surface area contributed by atoms with E-state index < -0.39 is 0 Å². The van der Waals surface area contributed by atoms with Gasteiger partial charge in [-0.05, 0) is 48.7 Å². The lowest BCUT2D eigenvalue weighted by Gasteiger charge is -2.12. The van der Waals surface area contributed by atoms with E-state index in [0.29, 0.717) is 17.0 Å². The Morgan fingerprint density at radius 3 is 2.78 bits per heavy atom. The average Bonchev–Trinajstić information content (AvgIpc) is 2.32. The van der Waals surface area contributed by atoms with Gasteiger partial charge in [0.15, 0.2) is 0 Å². The predicted octanol–water partition coefficient (Wildman–Crippen LogP) is 3.43. The molecular formula is C14H14ClFN2. The second-order valence-electron chi connectivity index (χ2n) is 4.30. The third-order valence-corrected chi connectivity index (χ3v) is 3.01. The molecule has 0 saturated heterocycles. The molecule has 0 radical (unpaired) electrons. The molecule has 1 aromatic heterocycles.